The normalized spacial score (nSPS) is 17.5. The number of allylic oxidation sites excluding steroid dienone is 2. The average Bonchev–Trinajstić information content (AvgIpc) is 3.29. The molecule has 53 heavy (non-hydrogen) atoms. The minimum absolute atomic E-state index is 0. The first kappa shape index (κ1) is 41.5. The lowest BCUT2D eigenvalue weighted by Gasteiger charge is -2.36. The first-order valence-electron chi connectivity index (χ1n) is 18.3. The number of benzene rings is 3. The molecule has 6 rings (SSSR count). The maximum Gasteiger partial charge on any atom is 0.293 e. The maximum atomic E-state index is 13.1. The Hall–Kier alpha value is -4.26. The van der Waals surface area contributed by atoms with Gasteiger partial charge >= 0.3 is 0 Å². The van der Waals surface area contributed by atoms with Crippen LogP contribution in [0.2, 0.25) is 0 Å². The molecule has 0 radical (unpaired) electrons. The van der Waals surface area contributed by atoms with E-state index in [0.29, 0.717) is 25.7 Å². The standard InChI is InChI=1S/C39H49N5O6S.2CH4/c45-39(41-51(48,49)35-17-18-37(38(27-35)44(46)47)40-28-30-19-25-50-26-20-30)32-13-15-34(16-14-32)43-23-21-42(22-24-43)29-33-11-7-8-12-36(33)31-9-5-3-1-2-4-6-10-31;;/h7-9,11-18,27,30,40H,1-6,10,19-26,28-29H2,(H,41,45);2*1H4. The van der Waals surface area contributed by atoms with Gasteiger partial charge in [0, 0.05) is 69.8 Å². The number of anilines is 2. The first-order chi connectivity index (χ1) is 24.8. The molecule has 288 valence electrons. The number of hydrogen-bond donors (Lipinski definition) is 2. The van der Waals surface area contributed by atoms with Gasteiger partial charge in [-0.1, -0.05) is 64.5 Å². The molecule has 2 aliphatic heterocycles. The van der Waals surface area contributed by atoms with E-state index in [4.69, 9.17) is 4.74 Å². The van der Waals surface area contributed by atoms with Gasteiger partial charge in [-0.3, -0.25) is 19.8 Å². The van der Waals surface area contributed by atoms with Crippen molar-refractivity contribution in [3.63, 3.8) is 0 Å². The van der Waals surface area contributed by atoms with Gasteiger partial charge in [0.15, 0.2) is 0 Å². The number of hydrogen-bond acceptors (Lipinski definition) is 9. The van der Waals surface area contributed by atoms with Crippen molar-refractivity contribution in [3.05, 3.63) is 99.6 Å². The van der Waals surface area contributed by atoms with Gasteiger partial charge in [-0.15, -0.1) is 0 Å². The second-order valence-corrected chi connectivity index (χ2v) is 15.5. The minimum atomic E-state index is -4.36. The van der Waals surface area contributed by atoms with Crippen molar-refractivity contribution >= 4 is 38.6 Å². The third-order valence-corrected chi connectivity index (χ3v) is 11.6. The maximum absolute atomic E-state index is 13.1. The number of amides is 1. The van der Waals surface area contributed by atoms with Crippen LogP contribution in [0.25, 0.3) is 5.57 Å². The molecule has 0 saturated carbocycles. The SMILES string of the molecule is C.C.O=C(NS(=O)(=O)c1ccc(NCC2CCOCC2)c([N+](=O)[O-])c1)c1ccc(N2CCN(Cc3ccccc3C3=CCCCCCCC3)CC2)cc1. The summed E-state index contributed by atoms with van der Waals surface area (Å²) in [7, 11) is -4.36. The number of carbonyl (C=O) groups excluding carboxylic acids is 1. The van der Waals surface area contributed by atoms with Crippen LogP contribution in [0, 0.1) is 16.0 Å². The molecular formula is C41H57N5O6S. The van der Waals surface area contributed by atoms with Crippen LogP contribution in [0.4, 0.5) is 17.1 Å². The van der Waals surface area contributed by atoms with Gasteiger partial charge in [0.2, 0.25) is 0 Å². The Morgan fingerprint density at radius 1 is 0.887 bits per heavy atom. The van der Waals surface area contributed by atoms with Gasteiger partial charge in [0.25, 0.3) is 21.6 Å². The minimum Gasteiger partial charge on any atom is -0.381 e. The number of nitrogens with zero attached hydrogens (tertiary/aromatic N) is 3. The molecule has 1 aliphatic carbocycles. The smallest absolute Gasteiger partial charge is 0.293 e. The van der Waals surface area contributed by atoms with Crippen molar-refractivity contribution in [2.24, 2.45) is 5.92 Å². The second-order valence-electron chi connectivity index (χ2n) is 13.8. The molecule has 0 unspecified atom stereocenters. The molecule has 0 spiro atoms. The molecule has 0 bridgehead atoms. The summed E-state index contributed by atoms with van der Waals surface area (Å²) in [5.74, 6) is -0.488. The molecule has 11 nitrogen and oxygen atoms in total. The summed E-state index contributed by atoms with van der Waals surface area (Å²) in [6.45, 7) is 6.22. The first-order valence-corrected chi connectivity index (χ1v) is 19.8. The number of rotatable bonds is 11. The highest BCUT2D eigenvalue weighted by molar-refractivity contribution is 7.90. The zero-order chi connectivity index (χ0) is 35.6. The van der Waals surface area contributed by atoms with Crippen molar-refractivity contribution in [1.29, 1.82) is 0 Å². The van der Waals surface area contributed by atoms with Crippen LogP contribution in [-0.4, -0.2) is 70.1 Å². The molecule has 3 aliphatic rings. The van der Waals surface area contributed by atoms with E-state index in [1.165, 1.54) is 60.9 Å². The fourth-order valence-corrected chi connectivity index (χ4v) is 8.23. The number of carbonyl (C=O) groups is 1. The second kappa shape index (κ2) is 19.7. The molecule has 2 saturated heterocycles. The third kappa shape index (κ3) is 11.1. The molecule has 0 atom stereocenters. The summed E-state index contributed by atoms with van der Waals surface area (Å²) in [6.07, 6.45) is 13.0. The van der Waals surface area contributed by atoms with Gasteiger partial charge in [-0.25, -0.2) is 13.1 Å². The van der Waals surface area contributed by atoms with Gasteiger partial charge < -0.3 is 15.0 Å². The number of piperazine rings is 1. The number of ether oxygens (including phenoxy) is 1. The van der Waals surface area contributed by atoms with E-state index < -0.39 is 20.9 Å². The number of nitrogens with one attached hydrogen (secondary N) is 2. The van der Waals surface area contributed by atoms with Crippen LogP contribution < -0.4 is 14.9 Å². The molecule has 2 N–H and O–H groups in total. The van der Waals surface area contributed by atoms with E-state index in [1.54, 1.807) is 12.1 Å². The number of nitro groups is 1. The highest BCUT2D eigenvalue weighted by Crippen LogP contribution is 2.30. The van der Waals surface area contributed by atoms with Gasteiger partial charge in [-0.05, 0) is 97.5 Å². The van der Waals surface area contributed by atoms with Crippen molar-refractivity contribution in [2.45, 2.75) is 84.1 Å². The lowest BCUT2D eigenvalue weighted by molar-refractivity contribution is -0.384. The fourth-order valence-electron chi connectivity index (χ4n) is 7.24. The highest BCUT2D eigenvalue weighted by Gasteiger charge is 2.25. The molecule has 12 heteroatoms. The van der Waals surface area contributed by atoms with E-state index in [9.17, 15) is 23.3 Å². The monoisotopic (exact) mass is 747 g/mol. The Morgan fingerprint density at radius 3 is 2.32 bits per heavy atom. The van der Waals surface area contributed by atoms with E-state index in [1.807, 2.05) is 12.1 Å². The summed E-state index contributed by atoms with van der Waals surface area (Å²) >= 11 is 0. The summed E-state index contributed by atoms with van der Waals surface area (Å²) in [6, 6.07) is 19.4. The Morgan fingerprint density at radius 2 is 1.58 bits per heavy atom. The van der Waals surface area contributed by atoms with Crippen LogP contribution >= 0.6 is 0 Å². The lowest BCUT2D eigenvalue weighted by atomic mass is 9.94. The van der Waals surface area contributed by atoms with Gasteiger partial charge in [0.1, 0.15) is 5.69 Å². The summed E-state index contributed by atoms with van der Waals surface area (Å²) in [5, 5.41) is 14.9. The summed E-state index contributed by atoms with van der Waals surface area (Å²) in [5.41, 5.74) is 5.28. The third-order valence-electron chi connectivity index (χ3n) is 10.3. The molecule has 3 aromatic rings. The average molecular weight is 748 g/mol. The summed E-state index contributed by atoms with van der Waals surface area (Å²) < 4.78 is 33.7. The Balaban J connectivity index is 0.00000314. The number of sulfonamides is 1. The van der Waals surface area contributed by atoms with Crippen molar-refractivity contribution in [2.75, 3.05) is 56.2 Å². The van der Waals surface area contributed by atoms with E-state index in [-0.39, 0.29) is 36.7 Å². The van der Waals surface area contributed by atoms with E-state index >= 15 is 0 Å². The predicted octanol–water partition coefficient (Wildman–Crippen LogP) is 8.27. The van der Waals surface area contributed by atoms with Crippen LogP contribution in [-0.2, 0) is 21.3 Å². The van der Waals surface area contributed by atoms with Crippen molar-refractivity contribution in [3.8, 4) is 0 Å². The molecule has 2 fully saturated rings. The van der Waals surface area contributed by atoms with Crippen LogP contribution in [0.15, 0.2) is 77.7 Å². The van der Waals surface area contributed by atoms with Crippen LogP contribution in [0.1, 0.15) is 94.1 Å². The molecule has 0 aromatic heterocycles. The molecule has 1 amide bonds. The Labute approximate surface area is 316 Å². The zero-order valence-corrected chi connectivity index (χ0v) is 30.0. The highest BCUT2D eigenvalue weighted by atomic mass is 32.2. The summed E-state index contributed by atoms with van der Waals surface area (Å²) in [4.78, 5) is 28.6. The van der Waals surface area contributed by atoms with Gasteiger partial charge in [-0.2, -0.15) is 0 Å². The fraction of sp³-hybridized carbons (Fsp3) is 0.488. The zero-order valence-electron chi connectivity index (χ0n) is 29.2. The largest absolute Gasteiger partial charge is 0.381 e. The van der Waals surface area contributed by atoms with E-state index in [0.717, 1.165) is 70.2 Å². The van der Waals surface area contributed by atoms with Crippen molar-refractivity contribution < 1.29 is 22.9 Å². The molecule has 2 heterocycles. The van der Waals surface area contributed by atoms with E-state index in [2.05, 4.69) is 50.2 Å². The van der Waals surface area contributed by atoms with Gasteiger partial charge in [0.05, 0.1) is 9.82 Å². The predicted molar refractivity (Wildman–Crippen MR) is 214 cm³/mol. The lowest BCUT2D eigenvalue weighted by Crippen LogP contribution is -2.46. The topological polar surface area (TPSA) is 134 Å². The molecule has 3 aromatic carbocycles. The van der Waals surface area contributed by atoms with Crippen LogP contribution in [0.3, 0.4) is 0 Å². The van der Waals surface area contributed by atoms with Crippen molar-refractivity contribution in [1.82, 2.24) is 9.62 Å². The Kier molecular flexibility index (Phi) is 15.4. The number of nitro benzene ring substituents is 1. The van der Waals surface area contributed by atoms with Crippen LogP contribution in [0.5, 0.6) is 0 Å². The quantitative estimate of drug-likeness (QED) is 0.147. The Bertz CT molecular complexity index is 1800. The molecular weight excluding hydrogens is 691 g/mol.